The van der Waals surface area contributed by atoms with Gasteiger partial charge in [-0.2, -0.15) is 9.97 Å². The molecule has 0 saturated carbocycles. The largest absolute Gasteiger partial charge is 0.421 e. The first kappa shape index (κ1) is 22.6. The quantitative estimate of drug-likeness (QED) is 0.526. The average Bonchev–Trinajstić information content (AvgIpc) is 2.71. The number of halogens is 1. The Kier molecular flexibility index (Phi) is 6.84. The van der Waals surface area contributed by atoms with Crippen LogP contribution in [0.25, 0.3) is 11.3 Å². The van der Waals surface area contributed by atoms with Gasteiger partial charge >= 0.3 is 6.01 Å². The predicted molar refractivity (Wildman–Crippen MR) is 116 cm³/mol. The Morgan fingerprint density at radius 1 is 1.13 bits per heavy atom. The molecule has 164 valence electrons. The number of nitrogens with zero attached hydrogens (tertiary/aromatic N) is 3. The van der Waals surface area contributed by atoms with Gasteiger partial charge < -0.3 is 9.30 Å². The van der Waals surface area contributed by atoms with Crippen LogP contribution in [0.2, 0.25) is 0 Å². The smallest absolute Gasteiger partial charge is 0.322 e. The summed E-state index contributed by atoms with van der Waals surface area (Å²) in [5, 5.41) is 0. The number of para-hydroxylation sites is 1. The summed E-state index contributed by atoms with van der Waals surface area (Å²) in [6, 6.07) is 8.96. The van der Waals surface area contributed by atoms with Crippen molar-refractivity contribution < 1.29 is 17.5 Å². The van der Waals surface area contributed by atoms with E-state index >= 15 is 0 Å². The van der Waals surface area contributed by atoms with Crippen LogP contribution in [-0.4, -0.2) is 28.7 Å². The molecule has 0 fully saturated rings. The SMILES string of the molecule is CCCS(=O)(=O)Cc1cc(-c2ccc(=O)n(C)c2)nc(Oc2c(F)cccc2CC)n1. The number of sulfone groups is 1. The van der Waals surface area contributed by atoms with Gasteiger partial charge in [-0.1, -0.05) is 26.0 Å². The van der Waals surface area contributed by atoms with E-state index in [1.807, 2.05) is 6.92 Å². The summed E-state index contributed by atoms with van der Waals surface area (Å²) in [5.74, 6) is -0.827. The number of aromatic nitrogens is 3. The lowest BCUT2D eigenvalue weighted by atomic mass is 10.1. The summed E-state index contributed by atoms with van der Waals surface area (Å²) in [6.07, 6.45) is 2.60. The second kappa shape index (κ2) is 9.38. The van der Waals surface area contributed by atoms with Crippen LogP contribution in [0.5, 0.6) is 11.8 Å². The van der Waals surface area contributed by atoms with Gasteiger partial charge in [0.05, 0.1) is 22.9 Å². The highest BCUT2D eigenvalue weighted by Crippen LogP contribution is 2.29. The van der Waals surface area contributed by atoms with E-state index in [4.69, 9.17) is 4.74 Å². The van der Waals surface area contributed by atoms with Crippen molar-refractivity contribution in [3.8, 4) is 23.0 Å². The highest BCUT2D eigenvalue weighted by molar-refractivity contribution is 7.90. The Morgan fingerprint density at radius 3 is 2.58 bits per heavy atom. The van der Waals surface area contributed by atoms with E-state index in [2.05, 4.69) is 9.97 Å². The fourth-order valence-electron chi connectivity index (χ4n) is 3.13. The van der Waals surface area contributed by atoms with E-state index in [0.717, 1.165) is 0 Å². The Labute approximate surface area is 180 Å². The Balaban J connectivity index is 2.11. The van der Waals surface area contributed by atoms with Gasteiger partial charge in [-0.3, -0.25) is 4.79 Å². The second-order valence-corrected chi connectivity index (χ2v) is 9.35. The molecule has 0 unspecified atom stereocenters. The van der Waals surface area contributed by atoms with Crippen molar-refractivity contribution in [1.29, 1.82) is 0 Å². The van der Waals surface area contributed by atoms with Gasteiger partial charge in [0.1, 0.15) is 0 Å². The molecule has 0 amide bonds. The van der Waals surface area contributed by atoms with Crippen molar-refractivity contribution in [2.24, 2.45) is 7.05 Å². The lowest BCUT2D eigenvalue weighted by Gasteiger charge is -2.12. The summed E-state index contributed by atoms with van der Waals surface area (Å²) in [6.45, 7) is 3.65. The maximum atomic E-state index is 14.4. The molecule has 0 atom stereocenters. The number of hydrogen-bond acceptors (Lipinski definition) is 6. The van der Waals surface area contributed by atoms with E-state index in [1.165, 1.54) is 16.7 Å². The lowest BCUT2D eigenvalue weighted by molar-refractivity contribution is 0.405. The van der Waals surface area contributed by atoms with Crippen molar-refractivity contribution in [2.45, 2.75) is 32.4 Å². The lowest BCUT2D eigenvalue weighted by Crippen LogP contribution is -2.14. The molecule has 0 aliphatic carbocycles. The van der Waals surface area contributed by atoms with Gasteiger partial charge in [0.2, 0.25) is 5.56 Å². The monoisotopic (exact) mass is 445 g/mol. The van der Waals surface area contributed by atoms with Gasteiger partial charge in [0, 0.05) is 24.9 Å². The number of benzene rings is 1. The first-order valence-corrected chi connectivity index (χ1v) is 11.7. The van der Waals surface area contributed by atoms with Crippen LogP contribution in [0.1, 0.15) is 31.5 Å². The summed E-state index contributed by atoms with van der Waals surface area (Å²) < 4.78 is 46.2. The fourth-order valence-corrected chi connectivity index (χ4v) is 4.50. The van der Waals surface area contributed by atoms with Crippen LogP contribution in [0.3, 0.4) is 0 Å². The minimum atomic E-state index is -3.38. The molecule has 3 rings (SSSR count). The number of rotatable bonds is 8. The van der Waals surface area contributed by atoms with Crippen LogP contribution in [0, 0.1) is 5.82 Å². The molecule has 0 aliphatic heterocycles. The van der Waals surface area contributed by atoms with Crippen molar-refractivity contribution in [3.05, 3.63) is 70.0 Å². The second-order valence-electron chi connectivity index (χ2n) is 7.17. The van der Waals surface area contributed by atoms with Gasteiger partial charge in [-0.15, -0.1) is 0 Å². The normalized spacial score (nSPS) is 11.5. The van der Waals surface area contributed by atoms with E-state index in [1.54, 1.807) is 44.4 Å². The molecule has 1 aromatic carbocycles. The molecule has 0 bridgehead atoms. The summed E-state index contributed by atoms with van der Waals surface area (Å²) in [7, 11) is -1.78. The Bertz CT molecular complexity index is 1260. The van der Waals surface area contributed by atoms with Gasteiger partial charge in [-0.05, 0) is 36.6 Å². The van der Waals surface area contributed by atoms with E-state index in [0.29, 0.717) is 29.7 Å². The van der Waals surface area contributed by atoms with E-state index in [9.17, 15) is 17.6 Å². The molecular formula is C22H24FN3O4S. The number of ether oxygens (including phenoxy) is 1. The molecule has 0 spiro atoms. The Hall–Kier alpha value is -3.07. The topological polar surface area (TPSA) is 91.2 Å². The molecule has 0 radical (unpaired) electrons. The van der Waals surface area contributed by atoms with Gasteiger partial charge in [0.25, 0.3) is 0 Å². The zero-order chi connectivity index (χ0) is 22.6. The zero-order valence-corrected chi connectivity index (χ0v) is 18.4. The van der Waals surface area contributed by atoms with Crippen molar-refractivity contribution in [3.63, 3.8) is 0 Å². The average molecular weight is 446 g/mol. The fraction of sp³-hybridized carbons (Fsp3) is 0.318. The first-order chi connectivity index (χ1) is 14.7. The third-order valence-corrected chi connectivity index (χ3v) is 6.41. The third kappa shape index (κ3) is 5.55. The maximum Gasteiger partial charge on any atom is 0.322 e. The maximum absolute atomic E-state index is 14.4. The summed E-state index contributed by atoms with van der Waals surface area (Å²) in [5.41, 5.74) is 1.62. The van der Waals surface area contributed by atoms with Gasteiger partial charge in [0.15, 0.2) is 21.4 Å². The molecule has 9 heteroatoms. The number of aryl methyl sites for hydroxylation is 2. The molecule has 31 heavy (non-hydrogen) atoms. The van der Waals surface area contributed by atoms with Crippen LogP contribution < -0.4 is 10.3 Å². The molecule has 0 aliphatic rings. The first-order valence-electron chi connectivity index (χ1n) is 9.93. The van der Waals surface area contributed by atoms with E-state index in [-0.39, 0.29) is 34.5 Å². The van der Waals surface area contributed by atoms with Crippen LogP contribution >= 0.6 is 0 Å². The van der Waals surface area contributed by atoms with Crippen molar-refractivity contribution in [1.82, 2.24) is 14.5 Å². The number of pyridine rings is 1. The molecule has 7 nitrogen and oxygen atoms in total. The van der Waals surface area contributed by atoms with Crippen LogP contribution in [0.15, 0.2) is 47.4 Å². The zero-order valence-electron chi connectivity index (χ0n) is 17.6. The molecule has 3 aromatic rings. The molecule has 0 saturated heterocycles. The van der Waals surface area contributed by atoms with Gasteiger partial charge in [-0.25, -0.2) is 12.8 Å². The molecule has 2 heterocycles. The highest BCUT2D eigenvalue weighted by Gasteiger charge is 2.18. The molecular weight excluding hydrogens is 421 g/mol. The van der Waals surface area contributed by atoms with Crippen LogP contribution in [0.4, 0.5) is 4.39 Å². The minimum absolute atomic E-state index is 0.00461. The molecule has 2 aromatic heterocycles. The standard InChI is InChI=1S/C22H24FN3O4S/c1-4-11-31(28,29)14-17-12-19(16-9-10-20(27)26(3)13-16)25-22(24-17)30-21-15(5-2)7-6-8-18(21)23/h6-10,12-13H,4-5,11,14H2,1-3H3. The van der Waals surface area contributed by atoms with Crippen molar-refractivity contribution in [2.75, 3.05) is 5.75 Å². The van der Waals surface area contributed by atoms with E-state index < -0.39 is 15.7 Å². The number of hydrogen-bond donors (Lipinski definition) is 0. The third-order valence-electron chi connectivity index (χ3n) is 4.65. The molecule has 0 N–H and O–H groups in total. The highest BCUT2D eigenvalue weighted by atomic mass is 32.2. The minimum Gasteiger partial charge on any atom is -0.421 e. The van der Waals surface area contributed by atoms with Crippen LogP contribution in [-0.2, 0) is 29.1 Å². The Morgan fingerprint density at radius 2 is 1.90 bits per heavy atom. The summed E-state index contributed by atoms with van der Waals surface area (Å²) >= 11 is 0. The van der Waals surface area contributed by atoms with Crippen molar-refractivity contribution >= 4 is 9.84 Å². The summed E-state index contributed by atoms with van der Waals surface area (Å²) in [4.78, 5) is 20.3. The predicted octanol–water partition coefficient (Wildman–Crippen LogP) is 3.66.